The lowest BCUT2D eigenvalue weighted by Crippen LogP contribution is -2.48. The lowest BCUT2D eigenvalue weighted by Gasteiger charge is -2.16. The monoisotopic (exact) mass is 421 g/mol. The minimum absolute atomic E-state index is 0.0414. The molecule has 0 aromatic heterocycles. The summed E-state index contributed by atoms with van der Waals surface area (Å²) in [7, 11) is 0. The molecule has 0 radical (unpaired) electrons. The number of hydrogen-bond donors (Lipinski definition) is 2. The maximum absolute atomic E-state index is 12.5. The van der Waals surface area contributed by atoms with Crippen LogP contribution in [0.5, 0.6) is 0 Å². The fourth-order valence-electron chi connectivity index (χ4n) is 2.46. The summed E-state index contributed by atoms with van der Waals surface area (Å²) in [6.07, 6.45) is -0.0414. The van der Waals surface area contributed by atoms with E-state index in [4.69, 9.17) is 11.6 Å². The van der Waals surface area contributed by atoms with Crippen LogP contribution in [0.4, 0.5) is 5.69 Å². The molecule has 2 aromatic rings. The van der Waals surface area contributed by atoms with E-state index in [1.165, 1.54) is 0 Å². The fraction of sp³-hybridized carbons (Fsp3) is 0.118. The van der Waals surface area contributed by atoms with Gasteiger partial charge in [-0.15, -0.1) is 0 Å². The summed E-state index contributed by atoms with van der Waals surface area (Å²) < 4.78 is 0.765. The molecule has 1 atom stereocenters. The van der Waals surface area contributed by atoms with Crippen molar-refractivity contribution in [1.82, 2.24) is 10.9 Å². The smallest absolute Gasteiger partial charge is 0.265 e. The minimum atomic E-state index is -0.820. The molecule has 0 aliphatic carbocycles. The molecule has 6 nitrogen and oxygen atoms in total. The Bertz CT molecular complexity index is 841. The van der Waals surface area contributed by atoms with Crippen molar-refractivity contribution in [2.75, 3.05) is 4.90 Å². The molecular formula is C17H13BrClN3O3. The van der Waals surface area contributed by atoms with Crippen LogP contribution >= 0.6 is 27.5 Å². The molecule has 2 aromatic carbocycles. The molecule has 1 aliphatic heterocycles. The average molecular weight is 423 g/mol. The van der Waals surface area contributed by atoms with E-state index < -0.39 is 17.9 Å². The van der Waals surface area contributed by atoms with Crippen molar-refractivity contribution in [3.63, 3.8) is 0 Å². The third-order valence-electron chi connectivity index (χ3n) is 3.68. The maximum atomic E-state index is 12.5. The van der Waals surface area contributed by atoms with E-state index in [0.717, 1.165) is 9.37 Å². The summed E-state index contributed by atoms with van der Waals surface area (Å²) in [5, 5.41) is 0.513. The van der Waals surface area contributed by atoms with Crippen LogP contribution in [0.15, 0.2) is 53.0 Å². The summed E-state index contributed by atoms with van der Waals surface area (Å²) in [5.74, 6) is -1.17. The van der Waals surface area contributed by atoms with Crippen LogP contribution < -0.4 is 15.8 Å². The van der Waals surface area contributed by atoms with Crippen molar-refractivity contribution in [1.29, 1.82) is 0 Å². The Kier molecular flexibility index (Phi) is 5.17. The standard InChI is InChI=1S/C17H13BrClN3O3/c18-11-3-1-2-10(8-11)16(24)21-20-14-9-15(23)22(17(14)25)13-6-4-12(19)5-7-13/h1-8,14,20H,9H2,(H,21,24)/t14-/m0/s1. The zero-order valence-corrected chi connectivity index (χ0v) is 15.2. The molecule has 128 valence electrons. The highest BCUT2D eigenvalue weighted by Crippen LogP contribution is 2.24. The van der Waals surface area contributed by atoms with Crippen LogP contribution in [-0.2, 0) is 9.59 Å². The first-order valence-electron chi connectivity index (χ1n) is 7.39. The number of anilines is 1. The number of amides is 3. The van der Waals surface area contributed by atoms with Crippen LogP contribution in [-0.4, -0.2) is 23.8 Å². The summed E-state index contributed by atoms with van der Waals surface area (Å²) >= 11 is 9.11. The summed E-state index contributed by atoms with van der Waals surface area (Å²) in [6.45, 7) is 0. The number of carbonyl (C=O) groups is 3. The van der Waals surface area contributed by atoms with Gasteiger partial charge >= 0.3 is 0 Å². The van der Waals surface area contributed by atoms with Gasteiger partial charge in [0.15, 0.2) is 0 Å². The molecule has 1 aliphatic rings. The molecule has 25 heavy (non-hydrogen) atoms. The third-order valence-corrected chi connectivity index (χ3v) is 4.42. The van der Waals surface area contributed by atoms with Crippen LogP contribution in [0.1, 0.15) is 16.8 Å². The molecule has 2 N–H and O–H groups in total. The van der Waals surface area contributed by atoms with E-state index in [1.54, 1.807) is 48.5 Å². The predicted molar refractivity (Wildman–Crippen MR) is 97.1 cm³/mol. The van der Waals surface area contributed by atoms with E-state index >= 15 is 0 Å². The van der Waals surface area contributed by atoms with Crippen molar-refractivity contribution in [2.24, 2.45) is 0 Å². The lowest BCUT2D eigenvalue weighted by molar-refractivity contribution is -0.121. The summed E-state index contributed by atoms with van der Waals surface area (Å²) in [4.78, 5) is 37.8. The van der Waals surface area contributed by atoms with Crippen molar-refractivity contribution in [3.05, 3.63) is 63.6 Å². The second-order valence-electron chi connectivity index (χ2n) is 5.41. The van der Waals surface area contributed by atoms with Crippen molar-refractivity contribution in [3.8, 4) is 0 Å². The molecule has 0 saturated carbocycles. The summed E-state index contributed by atoms with van der Waals surface area (Å²) in [6, 6.07) is 12.4. The maximum Gasteiger partial charge on any atom is 0.265 e. The molecule has 3 amide bonds. The van der Waals surface area contributed by atoms with Crippen LogP contribution in [0.3, 0.4) is 0 Å². The molecule has 0 spiro atoms. The van der Waals surface area contributed by atoms with Crippen LogP contribution in [0.25, 0.3) is 0 Å². The number of nitrogens with one attached hydrogen (secondary N) is 2. The molecule has 8 heteroatoms. The minimum Gasteiger partial charge on any atom is -0.287 e. The van der Waals surface area contributed by atoms with Gasteiger partial charge in [0.25, 0.3) is 11.8 Å². The number of rotatable bonds is 4. The fourth-order valence-corrected chi connectivity index (χ4v) is 2.99. The molecular weight excluding hydrogens is 410 g/mol. The van der Waals surface area contributed by atoms with E-state index in [0.29, 0.717) is 16.3 Å². The Morgan fingerprint density at radius 1 is 1.16 bits per heavy atom. The van der Waals surface area contributed by atoms with Gasteiger partial charge in [0.1, 0.15) is 6.04 Å². The van der Waals surface area contributed by atoms with Gasteiger partial charge in [-0.25, -0.2) is 10.3 Å². The quantitative estimate of drug-likeness (QED) is 0.586. The Morgan fingerprint density at radius 3 is 2.56 bits per heavy atom. The van der Waals surface area contributed by atoms with Crippen molar-refractivity contribution >= 4 is 50.9 Å². The van der Waals surface area contributed by atoms with Gasteiger partial charge in [0, 0.05) is 15.1 Å². The number of nitrogens with zero attached hydrogens (tertiary/aromatic N) is 1. The van der Waals surface area contributed by atoms with Crippen molar-refractivity contribution in [2.45, 2.75) is 12.5 Å². The Balaban J connectivity index is 1.66. The Hall–Kier alpha value is -2.22. The van der Waals surface area contributed by atoms with E-state index in [9.17, 15) is 14.4 Å². The van der Waals surface area contributed by atoms with Gasteiger partial charge in [-0.1, -0.05) is 33.6 Å². The Labute approximate surface area is 157 Å². The molecule has 0 bridgehead atoms. The molecule has 0 unspecified atom stereocenters. The molecule has 3 rings (SSSR count). The number of carbonyl (C=O) groups excluding carboxylic acids is 3. The predicted octanol–water partition coefficient (Wildman–Crippen LogP) is 2.67. The van der Waals surface area contributed by atoms with Gasteiger partial charge in [0.05, 0.1) is 12.1 Å². The van der Waals surface area contributed by atoms with Gasteiger partial charge in [-0.3, -0.25) is 19.8 Å². The highest BCUT2D eigenvalue weighted by atomic mass is 79.9. The SMILES string of the molecule is O=C(NN[C@H]1CC(=O)N(c2ccc(Cl)cc2)C1=O)c1cccc(Br)c1. The topological polar surface area (TPSA) is 78.5 Å². The van der Waals surface area contributed by atoms with E-state index in [-0.39, 0.29) is 12.3 Å². The second kappa shape index (κ2) is 7.35. The molecule has 1 heterocycles. The van der Waals surface area contributed by atoms with E-state index in [2.05, 4.69) is 26.8 Å². The van der Waals surface area contributed by atoms with E-state index in [1.807, 2.05) is 0 Å². The second-order valence-corrected chi connectivity index (χ2v) is 6.76. The number of imide groups is 1. The zero-order valence-electron chi connectivity index (χ0n) is 12.8. The Morgan fingerprint density at radius 2 is 1.88 bits per heavy atom. The normalized spacial score (nSPS) is 17.0. The first kappa shape index (κ1) is 17.6. The number of benzene rings is 2. The van der Waals surface area contributed by atoms with Gasteiger partial charge < -0.3 is 0 Å². The number of hydrogen-bond acceptors (Lipinski definition) is 4. The van der Waals surface area contributed by atoms with Gasteiger partial charge in [0.2, 0.25) is 5.91 Å². The largest absolute Gasteiger partial charge is 0.287 e. The number of halogens is 2. The average Bonchev–Trinajstić information content (AvgIpc) is 2.87. The zero-order chi connectivity index (χ0) is 18.0. The third kappa shape index (κ3) is 3.89. The molecule has 1 fully saturated rings. The van der Waals surface area contributed by atoms with Crippen molar-refractivity contribution < 1.29 is 14.4 Å². The van der Waals surface area contributed by atoms with Crippen LogP contribution in [0, 0.1) is 0 Å². The highest BCUT2D eigenvalue weighted by molar-refractivity contribution is 9.10. The number of hydrazine groups is 1. The van der Waals surface area contributed by atoms with Gasteiger partial charge in [-0.2, -0.15) is 0 Å². The highest BCUT2D eigenvalue weighted by Gasteiger charge is 2.39. The first-order valence-corrected chi connectivity index (χ1v) is 8.56. The molecule has 1 saturated heterocycles. The lowest BCUT2D eigenvalue weighted by atomic mass is 10.2. The van der Waals surface area contributed by atoms with Gasteiger partial charge in [-0.05, 0) is 42.5 Å². The van der Waals surface area contributed by atoms with Crippen LogP contribution in [0.2, 0.25) is 5.02 Å². The summed E-state index contributed by atoms with van der Waals surface area (Å²) in [5.41, 5.74) is 5.98. The first-order chi connectivity index (χ1) is 12.0.